The van der Waals surface area contributed by atoms with Crippen LogP contribution in [-0.4, -0.2) is 75.0 Å². The first-order chi connectivity index (χ1) is 20.1. The number of aromatic nitrogens is 2. The molecule has 2 aliphatic heterocycles. The van der Waals surface area contributed by atoms with Crippen LogP contribution in [0.5, 0.6) is 5.75 Å². The summed E-state index contributed by atoms with van der Waals surface area (Å²) in [5, 5.41) is 31.3. The number of carbonyl (C=O) groups excluding carboxylic acids is 1. The number of aromatic hydroxyl groups is 1. The number of aliphatic hydroxyl groups excluding tert-OH is 1. The van der Waals surface area contributed by atoms with Crippen molar-refractivity contribution in [3.8, 4) is 11.8 Å². The highest BCUT2D eigenvalue weighted by Crippen LogP contribution is 2.36. The molecule has 5 rings (SSSR count). The van der Waals surface area contributed by atoms with Crippen LogP contribution in [0.1, 0.15) is 42.2 Å². The van der Waals surface area contributed by atoms with Crippen molar-refractivity contribution >= 4 is 39.1 Å². The molecule has 2 N–H and O–H groups in total. The summed E-state index contributed by atoms with van der Waals surface area (Å²) in [7, 11) is -3.73. The maximum atomic E-state index is 13.2. The van der Waals surface area contributed by atoms with Gasteiger partial charge in [-0.25, -0.2) is 8.42 Å². The minimum atomic E-state index is -3.73. The topological polar surface area (TPSA) is 157 Å². The van der Waals surface area contributed by atoms with Gasteiger partial charge >= 0.3 is 5.56 Å². The van der Waals surface area contributed by atoms with Crippen LogP contribution in [0, 0.1) is 11.3 Å². The number of hydrogen-bond acceptors (Lipinski definition) is 10. The lowest BCUT2D eigenvalue weighted by Gasteiger charge is -2.37. The second-order valence-electron chi connectivity index (χ2n) is 9.99. The molecule has 0 saturated carbocycles. The first kappa shape index (κ1) is 30.1. The number of thioether (sulfide) groups is 1. The Labute approximate surface area is 251 Å². The van der Waals surface area contributed by atoms with Crippen LogP contribution in [-0.2, 0) is 21.2 Å². The molecule has 2 aliphatic rings. The standard InChI is InChI=1S/C28H28ClN5O6S2/c29-20-4-1-2-6-22(20)41-17-23(35)33-11-3-5-21(33)26-31-27(37)25(36)24-28(38)32(12-13-34(24)26)14-15-42(39,40)19-9-7-18(16-30)8-10-19/h1-2,4,6-10,21,28,36,38H,3,5,11-15,17H2/t21-,28?/m0/s1. The number of sulfone groups is 1. The van der Waals surface area contributed by atoms with E-state index in [0.717, 1.165) is 4.90 Å². The molecule has 11 nitrogen and oxygen atoms in total. The molecular weight excluding hydrogens is 602 g/mol. The Kier molecular flexibility index (Phi) is 8.91. The molecular formula is C28H28ClN5O6S2. The minimum absolute atomic E-state index is 0.0534. The molecule has 1 amide bonds. The number of aliphatic hydroxyl groups is 1. The lowest BCUT2D eigenvalue weighted by atomic mass is 10.1. The molecule has 1 unspecified atom stereocenters. The van der Waals surface area contributed by atoms with Gasteiger partial charge in [-0.3, -0.25) is 14.5 Å². The molecule has 2 aromatic carbocycles. The highest BCUT2D eigenvalue weighted by molar-refractivity contribution is 8.00. The van der Waals surface area contributed by atoms with Gasteiger partial charge in [0.1, 0.15) is 11.5 Å². The predicted molar refractivity (Wildman–Crippen MR) is 156 cm³/mol. The van der Waals surface area contributed by atoms with E-state index < -0.39 is 33.4 Å². The summed E-state index contributed by atoms with van der Waals surface area (Å²) < 4.78 is 27.3. The summed E-state index contributed by atoms with van der Waals surface area (Å²) in [4.78, 5) is 34.1. The zero-order valence-electron chi connectivity index (χ0n) is 22.4. The zero-order valence-corrected chi connectivity index (χ0v) is 24.8. The van der Waals surface area contributed by atoms with Crippen LogP contribution in [0.25, 0.3) is 0 Å². The number of likely N-dealkylation sites (tertiary alicyclic amines) is 1. The summed E-state index contributed by atoms with van der Waals surface area (Å²) in [5.41, 5.74) is -0.659. The normalized spacial score (nSPS) is 18.9. The van der Waals surface area contributed by atoms with Gasteiger partial charge in [0.2, 0.25) is 11.7 Å². The van der Waals surface area contributed by atoms with E-state index in [0.29, 0.717) is 30.0 Å². The summed E-state index contributed by atoms with van der Waals surface area (Å²) in [6, 6.07) is 14.2. The second-order valence-corrected chi connectivity index (χ2v) is 13.5. The van der Waals surface area contributed by atoms with Gasteiger partial charge in [0, 0.05) is 31.1 Å². The van der Waals surface area contributed by atoms with Crippen molar-refractivity contribution < 1.29 is 23.4 Å². The maximum absolute atomic E-state index is 13.2. The van der Waals surface area contributed by atoms with E-state index in [-0.39, 0.29) is 53.5 Å². The number of fused-ring (bicyclic) bond motifs is 1. The molecule has 0 spiro atoms. The Bertz CT molecular complexity index is 1710. The molecule has 220 valence electrons. The highest BCUT2D eigenvalue weighted by atomic mass is 35.5. The summed E-state index contributed by atoms with van der Waals surface area (Å²) >= 11 is 7.55. The van der Waals surface area contributed by atoms with Gasteiger partial charge in [0.15, 0.2) is 16.1 Å². The molecule has 1 aromatic heterocycles. The molecule has 1 saturated heterocycles. The molecule has 0 aliphatic carbocycles. The lowest BCUT2D eigenvalue weighted by Crippen LogP contribution is -2.44. The van der Waals surface area contributed by atoms with Gasteiger partial charge in [0.05, 0.1) is 39.1 Å². The molecule has 1 fully saturated rings. The van der Waals surface area contributed by atoms with Crippen molar-refractivity contribution in [1.29, 1.82) is 5.26 Å². The van der Waals surface area contributed by atoms with Gasteiger partial charge in [-0.1, -0.05) is 23.7 Å². The Morgan fingerprint density at radius 2 is 1.88 bits per heavy atom. The predicted octanol–water partition coefficient (Wildman–Crippen LogP) is 2.71. The van der Waals surface area contributed by atoms with Crippen LogP contribution in [0.4, 0.5) is 0 Å². The SMILES string of the molecule is N#Cc1ccc(S(=O)(=O)CCN2CCn3c([C@@H]4CCCN4C(=O)CSc4ccccc4Cl)nc(=O)c(O)c3C2O)cc1. The number of amides is 1. The number of rotatable bonds is 8. The maximum Gasteiger partial charge on any atom is 0.315 e. The van der Waals surface area contributed by atoms with Crippen LogP contribution in [0.2, 0.25) is 5.02 Å². The van der Waals surface area contributed by atoms with Crippen molar-refractivity contribution in [2.45, 2.75) is 41.4 Å². The van der Waals surface area contributed by atoms with E-state index in [1.54, 1.807) is 15.5 Å². The van der Waals surface area contributed by atoms with Crippen molar-refractivity contribution in [1.82, 2.24) is 19.4 Å². The fraction of sp³-hybridized carbons (Fsp3) is 0.357. The van der Waals surface area contributed by atoms with Crippen molar-refractivity contribution in [3.05, 3.63) is 81.0 Å². The van der Waals surface area contributed by atoms with Gasteiger partial charge in [-0.05, 0) is 49.2 Å². The van der Waals surface area contributed by atoms with Crippen molar-refractivity contribution in [2.75, 3.05) is 31.1 Å². The highest BCUT2D eigenvalue weighted by Gasteiger charge is 2.38. The van der Waals surface area contributed by atoms with E-state index in [9.17, 15) is 28.2 Å². The molecule has 2 atom stereocenters. The molecule has 42 heavy (non-hydrogen) atoms. The number of halogens is 1. The van der Waals surface area contributed by atoms with Crippen molar-refractivity contribution in [2.24, 2.45) is 0 Å². The largest absolute Gasteiger partial charge is 0.502 e. The van der Waals surface area contributed by atoms with Crippen LogP contribution in [0.15, 0.2) is 63.1 Å². The number of carbonyl (C=O) groups is 1. The fourth-order valence-corrected chi connectivity index (χ4v) is 7.68. The second kappa shape index (κ2) is 12.4. The van der Waals surface area contributed by atoms with Crippen LogP contribution in [0.3, 0.4) is 0 Å². The summed E-state index contributed by atoms with van der Waals surface area (Å²) in [6.07, 6.45) is -0.214. The third-order valence-electron chi connectivity index (χ3n) is 7.48. The minimum Gasteiger partial charge on any atom is -0.502 e. The Hall–Kier alpha value is -3.41. The van der Waals surface area contributed by atoms with E-state index in [1.165, 1.54) is 40.9 Å². The number of hydrogen-bond donors (Lipinski definition) is 2. The molecule has 14 heteroatoms. The molecule has 0 bridgehead atoms. The molecule has 0 radical (unpaired) electrons. The monoisotopic (exact) mass is 629 g/mol. The lowest BCUT2D eigenvalue weighted by molar-refractivity contribution is -0.129. The Morgan fingerprint density at radius 1 is 1.14 bits per heavy atom. The fourth-order valence-electron chi connectivity index (χ4n) is 5.30. The van der Waals surface area contributed by atoms with E-state index in [1.807, 2.05) is 24.3 Å². The molecule has 3 aromatic rings. The quantitative estimate of drug-likeness (QED) is 0.355. The van der Waals surface area contributed by atoms with Crippen LogP contribution >= 0.6 is 23.4 Å². The first-order valence-electron chi connectivity index (χ1n) is 13.3. The average molecular weight is 630 g/mol. The Morgan fingerprint density at radius 3 is 2.60 bits per heavy atom. The Balaban J connectivity index is 1.34. The van der Waals surface area contributed by atoms with E-state index >= 15 is 0 Å². The number of nitriles is 1. The van der Waals surface area contributed by atoms with Gasteiger partial charge in [0.25, 0.3) is 0 Å². The third kappa shape index (κ3) is 6.04. The third-order valence-corrected chi connectivity index (χ3v) is 10.7. The van der Waals surface area contributed by atoms with Crippen molar-refractivity contribution in [3.63, 3.8) is 0 Å². The zero-order chi connectivity index (χ0) is 30.0. The van der Waals surface area contributed by atoms with Gasteiger partial charge in [-0.15, -0.1) is 11.8 Å². The number of benzene rings is 2. The number of nitrogens with zero attached hydrogens (tertiary/aromatic N) is 5. The molecule has 3 heterocycles. The van der Waals surface area contributed by atoms with E-state index in [4.69, 9.17) is 16.9 Å². The van der Waals surface area contributed by atoms with Crippen LogP contribution < -0.4 is 5.56 Å². The first-order valence-corrected chi connectivity index (χ1v) is 16.3. The summed E-state index contributed by atoms with van der Waals surface area (Å²) in [6.45, 7) is 0.839. The van der Waals surface area contributed by atoms with Gasteiger partial charge < -0.3 is 19.7 Å². The van der Waals surface area contributed by atoms with E-state index in [2.05, 4.69) is 4.98 Å². The average Bonchev–Trinajstić information content (AvgIpc) is 3.48. The van der Waals surface area contributed by atoms with Gasteiger partial charge in [-0.2, -0.15) is 10.2 Å². The summed E-state index contributed by atoms with van der Waals surface area (Å²) in [5.74, 6) is -0.765. The smallest absolute Gasteiger partial charge is 0.315 e.